The number of rotatable bonds is 14. The van der Waals surface area contributed by atoms with Crippen LogP contribution in [0.4, 0.5) is 10.1 Å². The van der Waals surface area contributed by atoms with Gasteiger partial charge in [0.25, 0.3) is 10.0 Å². The Bertz CT molecular complexity index is 1820. The van der Waals surface area contributed by atoms with E-state index in [1.165, 1.54) is 35.2 Å². The van der Waals surface area contributed by atoms with Crippen LogP contribution in [0, 0.1) is 12.7 Å². The van der Waals surface area contributed by atoms with E-state index in [0.717, 1.165) is 46.0 Å². The Balaban J connectivity index is 1.57. The van der Waals surface area contributed by atoms with Gasteiger partial charge < -0.3 is 19.7 Å². The number of nitrogens with zero attached hydrogens (tertiary/aromatic N) is 2. The predicted octanol–water partition coefficient (Wildman–Crippen LogP) is 5.66. The fourth-order valence-corrected chi connectivity index (χ4v) is 6.91. The molecule has 0 saturated carbocycles. The average molecular weight is 674 g/mol. The summed E-state index contributed by atoms with van der Waals surface area (Å²) in [4.78, 5) is 29.8. The zero-order chi connectivity index (χ0) is 34.1. The van der Waals surface area contributed by atoms with Gasteiger partial charge in [-0.3, -0.25) is 13.9 Å². The van der Waals surface area contributed by atoms with Gasteiger partial charge in [-0.25, -0.2) is 12.8 Å². The first-order chi connectivity index (χ1) is 23.2. The molecule has 1 N–H and O–H groups in total. The second kappa shape index (κ2) is 15.8. The Morgan fingerprint density at radius 1 is 0.896 bits per heavy atom. The number of carbonyl (C=O) groups is 2. The molecule has 5 rings (SSSR count). The van der Waals surface area contributed by atoms with Crippen LogP contribution in [0.2, 0.25) is 0 Å². The first-order valence-electron chi connectivity index (χ1n) is 16.0. The largest absolute Gasteiger partial charge is 0.486 e. The van der Waals surface area contributed by atoms with E-state index >= 15 is 0 Å². The van der Waals surface area contributed by atoms with E-state index in [-0.39, 0.29) is 41.8 Å². The molecule has 2 amide bonds. The van der Waals surface area contributed by atoms with Crippen LogP contribution in [0.15, 0.2) is 102 Å². The molecule has 252 valence electrons. The third kappa shape index (κ3) is 8.32. The molecular formula is C37H40FN3O6S. The molecule has 4 aromatic rings. The van der Waals surface area contributed by atoms with Crippen LogP contribution in [0.5, 0.6) is 11.5 Å². The molecule has 0 aliphatic carbocycles. The first kappa shape index (κ1) is 34.4. The molecule has 0 bridgehead atoms. The third-order valence-corrected chi connectivity index (χ3v) is 9.97. The summed E-state index contributed by atoms with van der Waals surface area (Å²) < 4.78 is 54.8. The van der Waals surface area contributed by atoms with E-state index in [1.54, 1.807) is 0 Å². The van der Waals surface area contributed by atoms with Gasteiger partial charge in [-0.05, 0) is 66.4 Å². The first-order valence-corrected chi connectivity index (χ1v) is 17.4. The Kier molecular flexibility index (Phi) is 11.3. The molecule has 1 unspecified atom stereocenters. The highest BCUT2D eigenvalue weighted by atomic mass is 32.2. The van der Waals surface area contributed by atoms with Crippen LogP contribution in [-0.2, 0) is 32.6 Å². The van der Waals surface area contributed by atoms with Crippen molar-refractivity contribution in [2.45, 2.75) is 50.6 Å². The summed E-state index contributed by atoms with van der Waals surface area (Å²) >= 11 is 0. The lowest BCUT2D eigenvalue weighted by Gasteiger charge is -2.34. The minimum absolute atomic E-state index is 0.0610. The molecule has 0 saturated heterocycles. The number of ether oxygens (including phenoxy) is 2. The highest BCUT2D eigenvalue weighted by Gasteiger charge is 2.35. The maximum absolute atomic E-state index is 14.6. The number of halogens is 1. The Hall–Kier alpha value is -4.90. The summed E-state index contributed by atoms with van der Waals surface area (Å²) in [6, 6.07) is 25.1. The van der Waals surface area contributed by atoms with Gasteiger partial charge in [0.05, 0.1) is 10.6 Å². The van der Waals surface area contributed by atoms with Gasteiger partial charge in [0.15, 0.2) is 11.5 Å². The molecule has 0 spiro atoms. The number of sulfonamides is 1. The van der Waals surface area contributed by atoms with E-state index in [0.29, 0.717) is 18.9 Å². The van der Waals surface area contributed by atoms with Crippen LogP contribution >= 0.6 is 0 Å². The van der Waals surface area contributed by atoms with Crippen LogP contribution in [-0.4, -0.2) is 57.5 Å². The lowest BCUT2D eigenvalue weighted by molar-refractivity contribution is -0.140. The van der Waals surface area contributed by atoms with E-state index in [2.05, 4.69) is 5.32 Å². The molecule has 1 heterocycles. The number of unbranched alkanes of at least 4 members (excludes halogenated alkanes) is 1. The van der Waals surface area contributed by atoms with Crippen molar-refractivity contribution >= 4 is 27.5 Å². The van der Waals surface area contributed by atoms with Crippen LogP contribution < -0.4 is 19.1 Å². The standard InChI is InChI=1S/C37H40FN3O6S/c1-3-4-20-39-37(43)33(23-28-11-6-5-7-12-28)40(25-29-13-9-8-10-27(29)2)36(42)26-41(31-16-14-30(38)15-17-31)48(44,45)32-18-19-34-35(24-32)47-22-21-46-34/h5-19,24,33H,3-4,20-23,25-26H2,1-2H3,(H,39,43). The monoisotopic (exact) mass is 673 g/mol. The number of hydrogen-bond acceptors (Lipinski definition) is 6. The Morgan fingerprint density at radius 2 is 1.58 bits per heavy atom. The zero-order valence-corrected chi connectivity index (χ0v) is 27.9. The molecule has 0 radical (unpaired) electrons. The Morgan fingerprint density at radius 3 is 2.29 bits per heavy atom. The highest BCUT2D eigenvalue weighted by Crippen LogP contribution is 2.34. The van der Waals surface area contributed by atoms with Crippen molar-refractivity contribution in [3.05, 3.63) is 120 Å². The van der Waals surface area contributed by atoms with Gasteiger partial charge in [-0.2, -0.15) is 0 Å². The summed E-state index contributed by atoms with van der Waals surface area (Å²) in [5.41, 5.74) is 2.66. The summed E-state index contributed by atoms with van der Waals surface area (Å²) in [6.45, 7) is 4.38. The number of carbonyl (C=O) groups excluding carboxylic acids is 2. The number of anilines is 1. The normalized spacial score (nSPS) is 13.0. The number of fused-ring (bicyclic) bond motifs is 1. The van der Waals surface area contributed by atoms with Crippen molar-refractivity contribution in [1.82, 2.24) is 10.2 Å². The second-order valence-corrected chi connectivity index (χ2v) is 13.5. The number of aryl methyl sites for hydroxylation is 1. The summed E-state index contributed by atoms with van der Waals surface area (Å²) in [5, 5.41) is 2.98. The minimum atomic E-state index is -4.41. The minimum Gasteiger partial charge on any atom is -0.486 e. The van der Waals surface area contributed by atoms with E-state index < -0.39 is 34.3 Å². The molecule has 9 nitrogen and oxygen atoms in total. The zero-order valence-electron chi connectivity index (χ0n) is 27.1. The van der Waals surface area contributed by atoms with Crippen LogP contribution in [0.3, 0.4) is 0 Å². The van der Waals surface area contributed by atoms with Gasteiger partial charge in [-0.15, -0.1) is 0 Å². The van der Waals surface area contributed by atoms with Crippen molar-refractivity contribution < 1.29 is 31.9 Å². The topological polar surface area (TPSA) is 105 Å². The molecule has 1 aliphatic rings. The summed E-state index contributed by atoms with van der Waals surface area (Å²) in [6.07, 6.45) is 1.85. The number of amides is 2. The fourth-order valence-electron chi connectivity index (χ4n) is 5.48. The molecule has 48 heavy (non-hydrogen) atoms. The Labute approximate surface area is 281 Å². The SMILES string of the molecule is CCCCNC(=O)C(Cc1ccccc1)N(Cc1ccccc1C)C(=O)CN(c1ccc(F)cc1)S(=O)(=O)c1ccc2c(c1)OCCO2. The summed E-state index contributed by atoms with van der Waals surface area (Å²) in [5.74, 6) is -0.824. The third-order valence-electron chi connectivity index (χ3n) is 8.20. The summed E-state index contributed by atoms with van der Waals surface area (Å²) in [7, 11) is -4.41. The van der Waals surface area contributed by atoms with Crippen LogP contribution in [0.1, 0.15) is 36.5 Å². The van der Waals surface area contributed by atoms with Crippen LogP contribution in [0.25, 0.3) is 0 Å². The van der Waals surface area contributed by atoms with Gasteiger partial charge in [-0.1, -0.05) is 67.9 Å². The van der Waals surface area contributed by atoms with Gasteiger partial charge in [0, 0.05) is 25.6 Å². The van der Waals surface area contributed by atoms with Crippen molar-refractivity contribution in [3.8, 4) is 11.5 Å². The van der Waals surface area contributed by atoms with E-state index in [9.17, 15) is 22.4 Å². The average Bonchev–Trinajstić information content (AvgIpc) is 3.10. The quantitative estimate of drug-likeness (QED) is 0.173. The van der Waals surface area contributed by atoms with Crippen molar-refractivity contribution in [2.75, 3.05) is 30.6 Å². The molecule has 1 aliphatic heterocycles. The van der Waals surface area contributed by atoms with Crippen molar-refractivity contribution in [3.63, 3.8) is 0 Å². The molecule has 0 aromatic heterocycles. The molecule has 11 heteroatoms. The number of benzene rings is 4. The molecule has 0 fully saturated rings. The maximum atomic E-state index is 14.6. The smallest absolute Gasteiger partial charge is 0.264 e. The van der Waals surface area contributed by atoms with Gasteiger partial charge in [0.1, 0.15) is 31.6 Å². The van der Waals surface area contributed by atoms with Crippen molar-refractivity contribution in [1.29, 1.82) is 0 Å². The van der Waals surface area contributed by atoms with Gasteiger partial charge >= 0.3 is 0 Å². The lowest BCUT2D eigenvalue weighted by atomic mass is 10.0. The highest BCUT2D eigenvalue weighted by molar-refractivity contribution is 7.92. The molecule has 4 aromatic carbocycles. The van der Waals surface area contributed by atoms with E-state index in [1.807, 2.05) is 68.4 Å². The second-order valence-electron chi connectivity index (χ2n) is 11.6. The molecule has 1 atom stereocenters. The maximum Gasteiger partial charge on any atom is 0.264 e. The number of nitrogens with one attached hydrogen (secondary N) is 1. The molecular weight excluding hydrogens is 633 g/mol. The predicted molar refractivity (Wildman–Crippen MR) is 182 cm³/mol. The van der Waals surface area contributed by atoms with Gasteiger partial charge in [0.2, 0.25) is 11.8 Å². The number of hydrogen-bond donors (Lipinski definition) is 1. The fraction of sp³-hybridized carbons (Fsp3) is 0.297. The van der Waals surface area contributed by atoms with Crippen molar-refractivity contribution in [2.24, 2.45) is 0 Å². The van der Waals surface area contributed by atoms with E-state index in [4.69, 9.17) is 9.47 Å². The lowest BCUT2D eigenvalue weighted by Crippen LogP contribution is -2.53.